The molecule has 1 aromatic rings. The van der Waals surface area contributed by atoms with Crippen molar-refractivity contribution in [2.75, 3.05) is 13.2 Å². The Labute approximate surface area is 97.8 Å². The molecule has 0 amide bonds. The van der Waals surface area contributed by atoms with Crippen LogP contribution in [0.5, 0.6) is 0 Å². The van der Waals surface area contributed by atoms with E-state index in [0.29, 0.717) is 6.61 Å². The van der Waals surface area contributed by atoms with Gasteiger partial charge in [0.15, 0.2) is 0 Å². The van der Waals surface area contributed by atoms with E-state index >= 15 is 0 Å². The van der Waals surface area contributed by atoms with Gasteiger partial charge in [0.2, 0.25) is 0 Å². The number of hydrogen-bond acceptors (Lipinski definition) is 2. The maximum atomic E-state index is 6.39. The Bertz CT molecular complexity index is 367. The van der Waals surface area contributed by atoms with Gasteiger partial charge in [-0.3, -0.25) is 0 Å². The minimum absolute atomic E-state index is 0.156. The molecule has 0 aromatic heterocycles. The van der Waals surface area contributed by atoms with Crippen molar-refractivity contribution in [2.45, 2.75) is 38.6 Å². The molecule has 1 heterocycles. The van der Waals surface area contributed by atoms with Crippen molar-refractivity contribution in [3.8, 4) is 0 Å². The second kappa shape index (κ2) is 4.56. The molecule has 0 bridgehead atoms. The van der Waals surface area contributed by atoms with Gasteiger partial charge >= 0.3 is 0 Å². The zero-order valence-electron chi connectivity index (χ0n) is 10.3. The molecule has 1 aliphatic heterocycles. The van der Waals surface area contributed by atoms with Gasteiger partial charge in [0, 0.05) is 12.1 Å². The molecule has 0 saturated carbocycles. The van der Waals surface area contributed by atoms with E-state index in [4.69, 9.17) is 10.5 Å². The molecule has 16 heavy (non-hydrogen) atoms. The van der Waals surface area contributed by atoms with Crippen molar-refractivity contribution in [3.63, 3.8) is 0 Å². The Kier molecular flexibility index (Phi) is 3.31. The zero-order valence-corrected chi connectivity index (χ0v) is 10.3. The molecule has 2 nitrogen and oxygen atoms in total. The SMILES string of the molecule is Cc1ccc(C)c(CC2(N)CCCOC2)c1. The highest BCUT2D eigenvalue weighted by Crippen LogP contribution is 2.23. The summed E-state index contributed by atoms with van der Waals surface area (Å²) in [6.45, 7) is 5.84. The fourth-order valence-corrected chi connectivity index (χ4v) is 2.38. The molecular weight excluding hydrogens is 198 g/mol. The van der Waals surface area contributed by atoms with Gasteiger partial charge in [0.25, 0.3) is 0 Å². The Hall–Kier alpha value is -0.860. The first-order valence-electron chi connectivity index (χ1n) is 6.02. The molecule has 1 fully saturated rings. The van der Waals surface area contributed by atoms with Crippen molar-refractivity contribution in [1.82, 2.24) is 0 Å². The van der Waals surface area contributed by atoms with Crippen LogP contribution in [0.25, 0.3) is 0 Å². The van der Waals surface area contributed by atoms with Crippen molar-refractivity contribution in [3.05, 3.63) is 34.9 Å². The van der Waals surface area contributed by atoms with Crippen LogP contribution in [0.2, 0.25) is 0 Å². The van der Waals surface area contributed by atoms with E-state index < -0.39 is 0 Å². The third-order valence-corrected chi connectivity index (χ3v) is 3.40. The third kappa shape index (κ3) is 2.63. The van der Waals surface area contributed by atoms with Crippen LogP contribution in [0.4, 0.5) is 0 Å². The van der Waals surface area contributed by atoms with Gasteiger partial charge in [0.05, 0.1) is 6.61 Å². The average molecular weight is 219 g/mol. The van der Waals surface area contributed by atoms with Crippen LogP contribution in [-0.4, -0.2) is 18.8 Å². The van der Waals surface area contributed by atoms with E-state index in [0.717, 1.165) is 25.9 Å². The molecule has 2 N–H and O–H groups in total. The molecule has 1 aliphatic rings. The summed E-state index contributed by atoms with van der Waals surface area (Å²) in [5, 5.41) is 0. The molecule has 1 aromatic carbocycles. The van der Waals surface area contributed by atoms with E-state index in [-0.39, 0.29) is 5.54 Å². The summed E-state index contributed by atoms with van der Waals surface area (Å²) in [5.74, 6) is 0. The third-order valence-electron chi connectivity index (χ3n) is 3.40. The highest BCUT2D eigenvalue weighted by molar-refractivity contribution is 5.32. The van der Waals surface area contributed by atoms with E-state index in [1.807, 2.05) is 0 Å². The lowest BCUT2D eigenvalue weighted by Gasteiger charge is -2.33. The zero-order chi connectivity index (χ0) is 11.6. The molecule has 2 rings (SSSR count). The molecule has 1 unspecified atom stereocenters. The minimum Gasteiger partial charge on any atom is -0.380 e. The molecular formula is C14H21NO. The molecule has 88 valence electrons. The van der Waals surface area contributed by atoms with Crippen LogP contribution in [0, 0.1) is 13.8 Å². The molecule has 0 aliphatic carbocycles. The lowest BCUT2D eigenvalue weighted by atomic mass is 9.85. The van der Waals surface area contributed by atoms with Crippen LogP contribution >= 0.6 is 0 Å². The minimum atomic E-state index is -0.156. The van der Waals surface area contributed by atoms with Crippen molar-refractivity contribution in [1.29, 1.82) is 0 Å². The number of hydrogen-bond donors (Lipinski definition) is 1. The Morgan fingerprint density at radius 2 is 2.19 bits per heavy atom. The molecule has 0 radical (unpaired) electrons. The Balaban J connectivity index is 2.15. The fraction of sp³-hybridized carbons (Fsp3) is 0.571. The van der Waals surface area contributed by atoms with Gasteiger partial charge in [-0.25, -0.2) is 0 Å². The van der Waals surface area contributed by atoms with Crippen LogP contribution in [-0.2, 0) is 11.2 Å². The van der Waals surface area contributed by atoms with Crippen LogP contribution in [0.3, 0.4) is 0 Å². The van der Waals surface area contributed by atoms with Crippen molar-refractivity contribution < 1.29 is 4.74 Å². The summed E-state index contributed by atoms with van der Waals surface area (Å²) < 4.78 is 5.50. The smallest absolute Gasteiger partial charge is 0.0649 e. The lowest BCUT2D eigenvalue weighted by molar-refractivity contribution is 0.0382. The molecule has 1 atom stereocenters. The van der Waals surface area contributed by atoms with Crippen LogP contribution < -0.4 is 5.73 Å². The number of nitrogens with two attached hydrogens (primary N) is 1. The van der Waals surface area contributed by atoms with Gasteiger partial charge in [-0.05, 0) is 44.2 Å². The van der Waals surface area contributed by atoms with Gasteiger partial charge in [-0.15, -0.1) is 0 Å². The fourth-order valence-electron chi connectivity index (χ4n) is 2.38. The topological polar surface area (TPSA) is 35.2 Å². The summed E-state index contributed by atoms with van der Waals surface area (Å²) in [6.07, 6.45) is 3.09. The predicted molar refractivity (Wildman–Crippen MR) is 66.6 cm³/mol. The van der Waals surface area contributed by atoms with Gasteiger partial charge < -0.3 is 10.5 Å². The summed E-state index contributed by atoms with van der Waals surface area (Å²) in [5.41, 5.74) is 10.2. The van der Waals surface area contributed by atoms with Gasteiger partial charge in [-0.1, -0.05) is 23.8 Å². The largest absolute Gasteiger partial charge is 0.380 e. The second-order valence-electron chi connectivity index (χ2n) is 5.13. The Morgan fingerprint density at radius 1 is 1.38 bits per heavy atom. The lowest BCUT2D eigenvalue weighted by Crippen LogP contribution is -2.49. The number of ether oxygens (including phenoxy) is 1. The van der Waals surface area contributed by atoms with E-state index in [1.54, 1.807) is 0 Å². The van der Waals surface area contributed by atoms with Crippen molar-refractivity contribution >= 4 is 0 Å². The summed E-state index contributed by atoms with van der Waals surface area (Å²) in [7, 11) is 0. The number of aryl methyl sites for hydroxylation is 2. The van der Waals surface area contributed by atoms with Crippen molar-refractivity contribution in [2.24, 2.45) is 5.73 Å². The average Bonchev–Trinajstić information content (AvgIpc) is 2.24. The monoisotopic (exact) mass is 219 g/mol. The van der Waals surface area contributed by atoms with Gasteiger partial charge in [0.1, 0.15) is 0 Å². The van der Waals surface area contributed by atoms with Crippen LogP contribution in [0.15, 0.2) is 18.2 Å². The number of benzene rings is 1. The molecule has 2 heteroatoms. The summed E-state index contributed by atoms with van der Waals surface area (Å²) >= 11 is 0. The highest BCUT2D eigenvalue weighted by atomic mass is 16.5. The number of rotatable bonds is 2. The summed E-state index contributed by atoms with van der Waals surface area (Å²) in [6, 6.07) is 6.58. The normalized spacial score (nSPS) is 25.7. The highest BCUT2D eigenvalue weighted by Gasteiger charge is 2.28. The second-order valence-corrected chi connectivity index (χ2v) is 5.13. The molecule has 1 saturated heterocycles. The predicted octanol–water partition coefficient (Wildman–Crippen LogP) is 2.35. The molecule has 0 spiro atoms. The standard InChI is InChI=1S/C14H21NO/c1-11-4-5-12(2)13(8-11)9-14(15)6-3-7-16-10-14/h4-5,8H,3,6-7,9-10,15H2,1-2H3. The first-order chi connectivity index (χ1) is 7.59. The van der Waals surface area contributed by atoms with E-state index in [1.165, 1.54) is 16.7 Å². The summed E-state index contributed by atoms with van der Waals surface area (Å²) in [4.78, 5) is 0. The quantitative estimate of drug-likeness (QED) is 0.828. The maximum absolute atomic E-state index is 6.39. The van der Waals surface area contributed by atoms with Crippen LogP contribution in [0.1, 0.15) is 29.5 Å². The van der Waals surface area contributed by atoms with E-state index in [9.17, 15) is 0 Å². The van der Waals surface area contributed by atoms with Gasteiger partial charge in [-0.2, -0.15) is 0 Å². The maximum Gasteiger partial charge on any atom is 0.0649 e. The Morgan fingerprint density at radius 3 is 2.88 bits per heavy atom. The first-order valence-corrected chi connectivity index (χ1v) is 6.02. The first kappa shape index (κ1) is 11.6. The van der Waals surface area contributed by atoms with E-state index in [2.05, 4.69) is 32.0 Å².